The van der Waals surface area contributed by atoms with Crippen molar-refractivity contribution in [2.45, 2.75) is 6.42 Å². The Bertz CT molecular complexity index is 685. The van der Waals surface area contributed by atoms with Crippen LogP contribution in [0.5, 0.6) is 0 Å². The Morgan fingerprint density at radius 3 is 2.86 bits per heavy atom. The van der Waals surface area contributed by atoms with E-state index in [-0.39, 0.29) is 17.4 Å². The van der Waals surface area contributed by atoms with Gasteiger partial charge in [-0.15, -0.1) is 11.3 Å². The van der Waals surface area contributed by atoms with Gasteiger partial charge in [0.05, 0.1) is 11.1 Å². The highest BCUT2D eigenvalue weighted by Gasteiger charge is 2.24. The van der Waals surface area contributed by atoms with Crippen molar-refractivity contribution >= 4 is 33.0 Å². The molecule has 21 heavy (non-hydrogen) atoms. The second-order valence-electron chi connectivity index (χ2n) is 5.41. The number of fused-ring (bicyclic) bond motifs is 1. The molecule has 112 valence electrons. The fourth-order valence-corrected chi connectivity index (χ4v) is 3.79. The van der Waals surface area contributed by atoms with Crippen LogP contribution < -0.4 is 5.73 Å². The van der Waals surface area contributed by atoms with Crippen LogP contribution in [0.1, 0.15) is 16.1 Å². The van der Waals surface area contributed by atoms with E-state index in [1.54, 1.807) is 12.1 Å². The molecule has 2 N–H and O–H groups in total. The quantitative estimate of drug-likeness (QED) is 0.880. The van der Waals surface area contributed by atoms with Crippen molar-refractivity contribution in [2.75, 3.05) is 39.0 Å². The molecule has 2 heterocycles. The number of hydrogen-bond acceptors (Lipinski definition) is 4. The SMILES string of the molecule is CN1CCCN(C(=O)c2sc3cccc(F)c3c2N)CC1. The monoisotopic (exact) mass is 307 g/mol. The lowest BCUT2D eigenvalue weighted by atomic mass is 10.2. The van der Waals surface area contributed by atoms with Crippen LogP contribution in [0.15, 0.2) is 18.2 Å². The van der Waals surface area contributed by atoms with Crippen molar-refractivity contribution in [2.24, 2.45) is 0 Å². The number of anilines is 1. The maximum Gasteiger partial charge on any atom is 0.266 e. The summed E-state index contributed by atoms with van der Waals surface area (Å²) in [5.74, 6) is -0.445. The summed E-state index contributed by atoms with van der Waals surface area (Å²) < 4.78 is 14.6. The van der Waals surface area contributed by atoms with Crippen molar-refractivity contribution in [1.29, 1.82) is 0 Å². The predicted molar refractivity (Wildman–Crippen MR) is 84.2 cm³/mol. The van der Waals surface area contributed by atoms with E-state index in [1.165, 1.54) is 17.4 Å². The number of hydrogen-bond donors (Lipinski definition) is 1. The first-order valence-electron chi connectivity index (χ1n) is 7.02. The maximum atomic E-state index is 13.9. The third kappa shape index (κ3) is 2.61. The second-order valence-corrected chi connectivity index (χ2v) is 6.46. The highest BCUT2D eigenvalue weighted by Crippen LogP contribution is 2.36. The molecule has 3 rings (SSSR count). The van der Waals surface area contributed by atoms with Crippen LogP contribution in [-0.4, -0.2) is 48.9 Å². The summed E-state index contributed by atoms with van der Waals surface area (Å²) in [6.45, 7) is 3.25. The molecule has 0 bridgehead atoms. The van der Waals surface area contributed by atoms with Gasteiger partial charge in [-0.05, 0) is 32.1 Å². The van der Waals surface area contributed by atoms with Gasteiger partial charge in [0.1, 0.15) is 10.7 Å². The van der Waals surface area contributed by atoms with Crippen LogP contribution in [0, 0.1) is 5.82 Å². The van der Waals surface area contributed by atoms with Gasteiger partial charge in [-0.25, -0.2) is 4.39 Å². The Balaban J connectivity index is 1.94. The fourth-order valence-electron chi connectivity index (χ4n) is 2.68. The number of likely N-dealkylation sites (N-methyl/N-ethyl adjacent to an activating group) is 1. The van der Waals surface area contributed by atoms with Crippen LogP contribution in [-0.2, 0) is 0 Å². The molecule has 0 aliphatic carbocycles. The number of benzene rings is 1. The Kier molecular flexibility index (Phi) is 3.82. The largest absolute Gasteiger partial charge is 0.397 e. The number of amides is 1. The molecule has 1 fully saturated rings. The second kappa shape index (κ2) is 5.61. The van der Waals surface area contributed by atoms with E-state index in [0.717, 1.165) is 30.8 Å². The molecule has 0 spiro atoms. The highest BCUT2D eigenvalue weighted by atomic mass is 32.1. The summed E-state index contributed by atoms with van der Waals surface area (Å²) in [6, 6.07) is 4.82. The number of carbonyl (C=O) groups is 1. The zero-order valence-corrected chi connectivity index (χ0v) is 12.8. The molecule has 1 saturated heterocycles. The summed E-state index contributed by atoms with van der Waals surface area (Å²) in [5.41, 5.74) is 6.30. The molecule has 0 unspecified atom stereocenters. The minimum atomic E-state index is -0.365. The van der Waals surface area contributed by atoms with E-state index in [1.807, 2.05) is 4.90 Å². The number of thiophene rings is 1. The van der Waals surface area contributed by atoms with E-state index in [9.17, 15) is 9.18 Å². The third-order valence-electron chi connectivity index (χ3n) is 3.90. The molecule has 1 aliphatic rings. The van der Waals surface area contributed by atoms with E-state index >= 15 is 0 Å². The molecular weight excluding hydrogens is 289 g/mol. The first-order chi connectivity index (χ1) is 10.1. The Morgan fingerprint density at radius 1 is 1.29 bits per heavy atom. The van der Waals surface area contributed by atoms with Crippen molar-refractivity contribution in [3.8, 4) is 0 Å². The smallest absolute Gasteiger partial charge is 0.266 e. The summed E-state index contributed by atoms with van der Waals surface area (Å²) in [7, 11) is 2.05. The molecule has 0 radical (unpaired) electrons. The van der Waals surface area contributed by atoms with Gasteiger partial charge in [0.2, 0.25) is 0 Å². The average molecular weight is 307 g/mol. The van der Waals surface area contributed by atoms with Gasteiger partial charge in [0.25, 0.3) is 5.91 Å². The van der Waals surface area contributed by atoms with Crippen LogP contribution in [0.25, 0.3) is 10.1 Å². The van der Waals surface area contributed by atoms with Gasteiger partial charge in [0.15, 0.2) is 0 Å². The zero-order chi connectivity index (χ0) is 15.0. The highest BCUT2D eigenvalue weighted by molar-refractivity contribution is 7.21. The fraction of sp³-hybridized carbons (Fsp3) is 0.400. The van der Waals surface area contributed by atoms with E-state index < -0.39 is 0 Å². The van der Waals surface area contributed by atoms with Crippen molar-refractivity contribution in [3.05, 3.63) is 28.9 Å². The van der Waals surface area contributed by atoms with E-state index in [4.69, 9.17) is 5.73 Å². The molecule has 1 aliphatic heterocycles. The number of halogens is 1. The molecule has 1 aromatic heterocycles. The van der Waals surface area contributed by atoms with Crippen LogP contribution in [0.2, 0.25) is 0 Å². The number of nitrogens with zero attached hydrogens (tertiary/aromatic N) is 2. The first kappa shape index (κ1) is 14.3. The molecule has 0 atom stereocenters. The lowest BCUT2D eigenvalue weighted by Gasteiger charge is -2.20. The average Bonchev–Trinajstić information content (AvgIpc) is 2.65. The number of rotatable bonds is 1. The standard InChI is InChI=1S/C15H18FN3OS/c1-18-6-3-7-19(9-8-18)15(20)14-13(17)12-10(16)4-2-5-11(12)21-14/h2,4-5H,3,6-9,17H2,1H3. The molecule has 4 nitrogen and oxygen atoms in total. The third-order valence-corrected chi connectivity index (χ3v) is 5.06. The van der Waals surface area contributed by atoms with Gasteiger partial charge < -0.3 is 15.5 Å². The summed E-state index contributed by atoms with van der Waals surface area (Å²) >= 11 is 1.28. The lowest BCUT2D eigenvalue weighted by Crippen LogP contribution is -2.34. The van der Waals surface area contributed by atoms with Crippen molar-refractivity contribution in [3.63, 3.8) is 0 Å². The Hall–Kier alpha value is -1.66. The zero-order valence-electron chi connectivity index (χ0n) is 11.9. The van der Waals surface area contributed by atoms with Gasteiger partial charge >= 0.3 is 0 Å². The Morgan fingerprint density at radius 2 is 2.10 bits per heavy atom. The lowest BCUT2D eigenvalue weighted by molar-refractivity contribution is 0.0768. The normalized spacial score (nSPS) is 17.1. The molecule has 2 aromatic rings. The minimum Gasteiger partial charge on any atom is -0.397 e. The molecule has 1 aromatic carbocycles. The van der Waals surface area contributed by atoms with Crippen LogP contribution >= 0.6 is 11.3 Å². The minimum absolute atomic E-state index is 0.0802. The summed E-state index contributed by atoms with van der Waals surface area (Å²) in [4.78, 5) is 17.2. The van der Waals surface area contributed by atoms with Crippen LogP contribution in [0.4, 0.5) is 10.1 Å². The van der Waals surface area contributed by atoms with Gasteiger partial charge in [-0.3, -0.25) is 4.79 Å². The van der Waals surface area contributed by atoms with Gasteiger partial charge in [-0.1, -0.05) is 6.07 Å². The van der Waals surface area contributed by atoms with E-state index in [0.29, 0.717) is 16.8 Å². The summed E-state index contributed by atoms with van der Waals surface area (Å²) in [6.07, 6.45) is 0.946. The molecule has 6 heteroatoms. The first-order valence-corrected chi connectivity index (χ1v) is 7.84. The molecular formula is C15H18FN3OS. The van der Waals surface area contributed by atoms with Crippen molar-refractivity contribution < 1.29 is 9.18 Å². The van der Waals surface area contributed by atoms with Crippen LogP contribution in [0.3, 0.4) is 0 Å². The topological polar surface area (TPSA) is 49.6 Å². The number of nitrogen functional groups attached to an aromatic ring is 1. The summed E-state index contributed by atoms with van der Waals surface area (Å²) in [5, 5.41) is 0.373. The maximum absolute atomic E-state index is 13.9. The van der Waals surface area contributed by atoms with Gasteiger partial charge in [-0.2, -0.15) is 0 Å². The number of carbonyl (C=O) groups excluding carboxylic acids is 1. The van der Waals surface area contributed by atoms with Gasteiger partial charge in [0, 0.05) is 24.3 Å². The predicted octanol–water partition coefficient (Wildman–Crippen LogP) is 2.40. The molecule has 0 saturated carbocycles. The number of nitrogens with two attached hydrogens (primary N) is 1. The molecule has 1 amide bonds. The Labute approximate surface area is 126 Å². The van der Waals surface area contributed by atoms with Crippen molar-refractivity contribution in [1.82, 2.24) is 9.80 Å². The van der Waals surface area contributed by atoms with E-state index in [2.05, 4.69) is 11.9 Å².